The normalized spacial score (nSPS) is 14.9. The Morgan fingerprint density at radius 1 is 1.27 bits per heavy atom. The monoisotopic (exact) mass is 434 g/mol. The van der Waals surface area contributed by atoms with E-state index < -0.39 is 11.6 Å². The number of likely N-dealkylation sites (tertiary alicyclic amines) is 1. The minimum atomic E-state index is -0.471. The molecule has 30 heavy (non-hydrogen) atoms. The minimum Gasteiger partial charge on any atom is -0.393 e. The number of pyridine rings is 1. The zero-order valence-electron chi connectivity index (χ0n) is 17.2. The molecule has 0 aliphatic carbocycles. The van der Waals surface area contributed by atoms with Gasteiger partial charge in [-0.1, -0.05) is 12.8 Å². The zero-order valence-corrected chi connectivity index (χ0v) is 18.1. The summed E-state index contributed by atoms with van der Waals surface area (Å²) in [6.45, 7) is 6.65. The third-order valence-corrected chi connectivity index (χ3v) is 4.68. The number of anilines is 1. The molecule has 0 saturated carbocycles. The van der Waals surface area contributed by atoms with Crippen LogP contribution in [0.1, 0.15) is 33.6 Å². The maximum absolute atomic E-state index is 12.4. The molecule has 10 nitrogen and oxygen atoms in total. The third kappa shape index (κ3) is 6.02. The number of ether oxygens (including phenoxy) is 1. The standard InChI is InChI=1S/C19H26N6O4S/c1-19(2,3)22-17(26)25(30)14-5-6-16(20-13-14)28-18(27)23-11-7-15(8-12-23)29-24-10-4-9-21-24/h4-6,9-10,13,15,30H,7-8,11-12H2,1-3H3,(H,22,26). The van der Waals surface area contributed by atoms with Crippen molar-refractivity contribution in [2.24, 2.45) is 0 Å². The van der Waals surface area contributed by atoms with E-state index in [0.717, 1.165) is 4.31 Å². The summed E-state index contributed by atoms with van der Waals surface area (Å²) in [5.41, 5.74) is 0.0640. The molecule has 1 fully saturated rings. The van der Waals surface area contributed by atoms with Gasteiger partial charge < -0.3 is 19.8 Å². The van der Waals surface area contributed by atoms with Crippen molar-refractivity contribution in [2.75, 3.05) is 17.4 Å². The van der Waals surface area contributed by atoms with Gasteiger partial charge in [-0.2, -0.15) is 0 Å². The number of amides is 3. The predicted molar refractivity (Wildman–Crippen MR) is 113 cm³/mol. The van der Waals surface area contributed by atoms with Crippen LogP contribution in [0, 0.1) is 0 Å². The van der Waals surface area contributed by atoms with E-state index in [2.05, 4.69) is 28.2 Å². The van der Waals surface area contributed by atoms with E-state index in [9.17, 15) is 9.59 Å². The van der Waals surface area contributed by atoms with E-state index >= 15 is 0 Å². The fraction of sp³-hybridized carbons (Fsp3) is 0.474. The van der Waals surface area contributed by atoms with Gasteiger partial charge in [0.15, 0.2) is 0 Å². The molecule has 3 heterocycles. The molecule has 0 bridgehead atoms. The largest absolute Gasteiger partial charge is 0.416 e. The average Bonchev–Trinajstić information content (AvgIpc) is 3.20. The highest BCUT2D eigenvalue weighted by molar-refractivity contribution is 7.82. The van der Waals surface area contributed by atoms with E-state index in [1.165, 1.54) is 17.1 Å². The van der Waals surface area contributed by atoms with Crippen LogP contribution in [0.15, 0.2) is 36.8 Å². The zero-order chi connectivity index (χ0) is 21.7. The molecule has 11 heteroatoms. The van der Waals surface area contributed by atoms with Gasteiger partial charge in [0, 0.05) is 37.5 Å². The van der Waals surface area contributed by atoms with Crippen LogP contribution in [0.4, 0.5) is 15.3 Å². The number of nitrogens with zero attached hydrogens (tertiary/aromatic N) is 5. The van der Waals surface area contributed by atoms with Crippen molar-refractivity contribution in [2.45, 2.75) is 45.3 Å². The van der Waals surface area contributed by atoms with E-state index in [4.69, 9.17) is 9.57 Å². The molecule has 1 saturated heterocycles. The van der Waals surface area contributed by atoms with E-state index in [0.29, 0.717) is 31.6 Å². The number of urea groups is 1. The molecule has 1 aliphatic rings. The number of rotatable bonds is 4. The maximum Gasteiger partial charge on any atom is 0.416 e. The van der Waals surface area contributed by atoms with Gasteiger partial charge in [-0.05, 0) is 32.9 Å². The molecular formula is C19H26N6O4S. The number of piperidine rings is 1. The van der Waals surface area contributed by atoms with Crippen molar-refractivity contribution >= 4 is 30.6 Å². The topological polar surface area (TPSA) is 102 Å². The molecule has 0 aromatic carbocycles. The molecule has 0 atom stereocenters. The Bertz CT molecular complexity index is 845. The number of aromatic nitrogens is 3. The minimum absolute atomic E-state index is 0.00743. The molecule has 0 radical (unpaired) electrons. The van der Waals surface area contributed by atoms with Crippen LogP contribution in [0.5, 0.6) is 5.88 Å². The second-order valence-corrected chi connectivity index (χ2v) is 8.31. The van der Waals surface area contributed by atoms with E-state index in [1.54, 1.807) is 29.4 Å². The van der Waals surface area contributed by atoms with Crippen molar-refractivity contribution in [3.8, 4) is 5.88 Å². The van der Waals surface area contributed by atoms with Gasteiger partial charge in [-0.15, -0.1) is 9.94 Å². The van der Waals surface area contributed by atoms with Crippen LogP contribution in [-0.2, 0) is 0 Å². The summed E-state index contributed by atoms with van der Waals surface area (Å²) in [5, 5.41) is 6.81. The molecule has 0 unspecified atom stereocenters. The fourth-order valence-electron chi connectivity index (χ4n) is 2.82. The Balaban J connectivity index is 1.48. The third-order valence-electron chi connectivity index (χ3n) is 4.27. The van der Waals surface area contributed by atoms with Gasteiger partial charge in [0.1, 0.15) is 6.10 Å². The molecular weight excluding hydrogens is 408 g/mol. The molecule has 162 valence electrons. The van der Waals surface area contributed by atoms with Crippen molar-refractivity contribution < 1.29 is 19.2 Å². The summed E-state index contributed by atoms with van der Waals surface area (Å²) in [5.74, 6) is 0.150. The summed E-state index contributed by atoms with van der Waals surface area (Å²) >= 11 is 4.20. The Kier molecular flexibility index (Phi) is 6.70. The Labute approximate surface area is 180 Å². The second kappa shape index (κ2) is 9.24. The Hall–Kier alpha value is -2.95. The first-order chi connectivity index (χ1) is 14.2. The lowest BCUT2D eigenvalue weighted by atomic mass is 10.1. The fourth-order valence-corrected chi connectivity index (χ4v) is 2.99. The van der Waals surface area contributed by atoms with Crippen molar-refractivity contribution in [3.05, 3.63) is 36.8 Å². The number of hydrogen-bond donors (Lipinski definition) is 2. The van der Waals surface area contributed by atoms with Crippen LogP contribution in [-0.4, -0.2) is 56.7 Å². The number of carbonyl (C=O) groups is 2. The lowest BCUT2D eigenvalue weighted by molar-refractivity contribution is -0.0163. The molecule has 1 N–H and O–H groups in total. The number of carbonyl (C=O) groups excluding carboxylic acids is 2. The van der Waals surface area contributed by atoms with Crippen molar-refractivity contribution in [3.63, 3.8) is 0 Å². The van der Waals surface area contributed by atoms with Gasteiger partial charge in [0.05, 0.1) is 24.3 Å². The number of nitrogens with one attached hydrogen (secondary N) is 1. The van der Waals surface area contributed by atoms with Crippen molar-refractivity contribution in [1.82, 2.24) is 25.1 Å². The summed E-state index contributed by atoms with van der Waals surface area (Å²) in [6.07, 6.45) is 5.68. The van der Waals surface area contributed by atoms with Gasteiger partial charge in [-0.3, -0.25) is 0 Å². The summed E-state index contributed by atoms with van der Waals surface area (Å²) in [6, 6.07) is 4.54. The van der Waals surface area contributed by atoms with E-state index in [1.807, 2.05) is 20.8 Å². The lowest BCUT2D eigenvalue weighted by Gasteiger charge is -2.30. The second-order valence-electron chi connectivity index (χ2n) is 7.91. The van der Waals surface area contributed by atoms with Gasteiger partial charge in [0.2, 0.25) is 5.88 Å². The van der Waals surface area contributed by atoms with Crippen LogP contribution in [0.3, 0.4) is 0 Å². The van der Waals surface area contributed by atoms with Crippen molar-refractivity contribution in [1.29, 1.82) is 0 Å². The number of thiol groups is 1. The molecule has 3 rings (SSSR count). The quantitative estimate of drug-likeness (QED) is 0.717. The Morgan fingerprint density at radius 3 is 2.57 bits per heavy atom. The molecule has 2 aromatic heterocycles. The molecule has 0 spiro atoms. The first kappa shape index (κ1) is 21.8. The average molecular weight is 435 g/mol. The maximum atomic E-state index is 12.4. The van der Waals surface area contributed by atoms with Crippen LogP contribution in [0.25, 0.3) is 0 Å². The summed E-state index contributed by atoms with van der Waals surface area (Å²) in [7, 11) is 0. The Morgan fingerprint density at radius 2 is 2.00 bits per heavy atom. The first-order valence-corrected chi connectivity index (χ1v) is 10.0. The van der Waals surface area contributed by atoms with E-state index in [-0.39, 0.29) is 18.0 Å². The SMILES string of the molecule is CC(C)(C)NC(=O)N(S)c1ccc(OC(=O)N2CCC(On3cccn3)CC2)nc1. The first-order valence-electron chi connectivity index (χ1n) is 9.62. The molecule has 2 aromatic rings. The van der Waals surface area contributed by atoms with Gasteiger partial charge >= 0.3 is 12.1 Å². The van der Waals surface area contributed by atoms with Gasteiger partial charge in [0.25, 0.3) is 0 Å². The lowest BCUT2D eigenvalue weighted by Crippen LogP contribution is -2.45. The highest BCUT2D eigenvalue weighted by Gasteiger charge is 2.26. The van der Waals surface area contributed by atoms with Crippen LogP contribution >= 0.6 is 12.8 Å². The molecule has 1 aliphatic heterocycles. The highest BCUT2D eigenvalue weighted by atomic mass is 32.1. The van der Waals surface area contributed by atoms with Crippen LogP contribution in [0.2, 0.25) is 0 Å². The van der Waals surface area contributed by atoms with Crippen LogP contribution < -0.4 is 19.2 Å². The smallest absolute Gasteiger partial charge is 0.393 e. The van der Waals surface area contributed by atoms with Gasteiger partial charge in [-0.25, -0.2) is 18.9 Å². The summed E-state index contributed by atoms with van der Waals surface area (Å²) < 4.78 is 6.49. The number of hydrogen-bond acceptors (Lipinski definition) is 7. The molecule has 3 amide bonds. The highest BCUT2D eigenvalue weighted by Crippen LogP contribution is 2.20. The predicted octanol–water partition coefficient (Wildman–Crippen LogP) is 2.53. The summed E-state index contributed by atoms with van der Waals surface area (Å²) in [4.78, 5) is 37.4.